The van der Waals surface area contributed by atoms with E-state index in [-0.39, 0.29) is 12.1 Å². The molecule has 2 aromatic carbocycles. The Bertz CT molecular complexity index is 1120. The minimum atomic E-state index is -0.201. The maximum Gasteiger partial charge on any atom is 0.322 e. The molecule has 0 spiro atoms. The number of aromatic nitrogens is 1. The van der Waals surface area contributed by atoms with Gasteiger partial charge in [0.25, 0.3) is 0 Å². The zero-order chi connectivity index (χ0) is 24.0. The largest absolute Gasteiger partial charge is 0.376 e. The summed E-state index contributed by atoms with van der Waals surface area (Å²) in [7, 11) is 0. The highest BCUT2D eigenvalue weighted by Crippen LogP contribution is 2.34. The second-order valence-corrected chi connectivity index (χ2v) is 9.62. The molecule has 8 heteroatoms. The van der Waals surface area contributed by atoms with E-state index in [2.05, 4.69) is 15.4 Å². The summed E-state index contributed by atoms with van der Waals surface area (Å²) >= 11 is 6.14. The van der Waals surface area contributed by atoms with Gasteiger partial charge in [0.15, 0.2) is 0 Å². The maximum absolute atomic E-state index is 13.5. The van der Waals surface area contributed by atoms with E-state index in [1.54, 1.807) is 12.1 Å². The van der Waals surface area contributed by atoms with Crippen LogP contribution in [0.3, 0.4) is 0 Å². The molecule has 1 N–H and O–H groups in total. The number of amides is 2. The second-order valence-electron chi connectivity index (χ2n) is 9.18. The van der Waals surface area contributed by atoms with Crippen molar-refractivity contribution in [2.75, 3.05) is 36.5 Å². The van der Waals surface area contributed by atoms with Crippen molar-refractivity contribution in [3.05, 3.63) is 65.2 Å². The molecule has 184 valence electrons. The number of halogens is 1. The lowest BCUT2D eigenvalue weighted by molar-refractivity contribution is 0.0819. The van der Waals surface area contributed by atoms with Crippen LogP contribution in [0.15, 0.2) is 59.1 Å². The lowest BCUT2D eigenvalue weighted by Gasteiger charge is -2.29. The average molecular weight is 495 g/mol. The topological polar surface area (TPSA) is 70.8 Å². The molecule has 2 saturated heterocycles. The second kappa shape index (κ2) is 11.1. The number of piperidine rings is 1. The van der Waals surface area contributed by atoms with E-state index < -0.39 is 0 Å². The van der Waals surface area contributed by atoms with Crippen LogP contribution in [0.5, 0.6) is 0 Å². The molecule has 3 heterocycles. The number of hydrogen-bond donors (Lipinski definition) is 1. The van der Waals surface area contributed by atoms with Crippen LogP contribution < -0.4 is 10.2 Å². The van der Waals surface area contributed by atoms with Crippen molar-refractivity contribution in [3.8, 4) is 11.3 Å². The summed E-state index contributed by atoms with van der Waals surface area (Å²) in [5.41, 5.74) is 3.34. The normalized spacial score (nSPS) is 18.0. The smallest absolute Gasteiger partial charge is 0.322 e. The number of rotatable bonds is 7. The molecular formula is C27H31ClN4O3. The Morgan fingerprint density at radius 3 is 2.66 bits per heavy atom. The van der Waals surface area contributed by atoms with Gasteiger partial charge in [0, 0.05) is 42.5 Å². The van der Waals surface area contributed by atoms with E-state index >= 15 is 0 Å². The van der Waals surface area contributed by atoms with Crippen LogP contribution in [0.1, 0.15) is 37.7 Å². The average Bonchev–Trinajstić information content (AvgIpc) is 3.55. The molecule has 2 aliphatic heterocycles. The highest BCUT2D eigenvalue weighted by atomic mass is 35.5. The predicted molar refractivity (Wildman–Crippen MR) is 138 cm³/mol. The number of urea groups is 1. The molecule has 2 fully saturated rings. The van der Waals surface area contributed by atoms with Crippen LogP contribution >= 0.6 is 11.6 Å². The number of carbonyl (C=O) groups is 1. The molecule has 7 nitrogen and oxygen atoms in total. The summed E-state index contributed by atoms with van der Waals surface area (Å²) in [5, 5.41) is 8.06. The molecule has 3 aromatic rings. The fourth-order valence-corrected chi connectivity index (χ4v) is 5.01. The summed E-state index contributed by atoms with van der Waals surface area (Å²) < 4.78 is 11.8. The monoisotopic (exact) mass is 494 g/mol. The Hall–Kier alpha value is -3.03. The molecular weight excluding hydrogens is 464 g/mol. The zero-order valence-electron chi connectivity index (χ0n) is 19.8. The summed E-state index contributed by atoms with van der Waals surface area (Å²) in [6.45, 7) is 3.45. The van der Waals surface area contributed by atoms with E-state index in [4.69, 9.17) is 20.9 Å². The van der Waals surface area contributed by atoms with E-state index in [0.717, 1.165) is 68.1 Å². The molecule has 1 aromatic heterocycles. The van der Waals surface area contributed by atoms with Crippen LogP contribution in [0.25, 0.3) is 11.3 Å². The predicted octanol–water partition coefficient (Wildman–Crippen LogP) is 6.20. The van der Waals surface area contributed by atoms with Gasteiger partial charge in [-0.2, -0.15) is 0 Å². The van der Waals surface area contributed by atoms with Crippen LogP contribution in [0.2, 0.25) is 5.02 Å². The first-order valence-corrected chi connectivity index (χ1v) is 12.8. The molecule has 35 heavy (non-hydrogen) atoms. The van der Waals surface area contributed by atoms with Gasteiger partial charge < -0.3 is 24.4 Å². The molecule has 1 unspecified atom stereocenters. The molecule has 1 atom stereocenters. The molecule has 0 bridgehead atoms. The van der Waals surface area contributed by atoms with Crippen molar-refractivity contribution in [3.63, 3.8) is 0 Å². The third-order valence-corrected chi connectivity index (χ3v) is 6.85. The molecule has 0 saturated carbocycles. The lowest BCUT2D eigenvalue weighted by Crippen LogP contribution is -2.40. The van der Waals surface area contributed by atoms with Gasteiger partial charge in [-0.05, 0) is 50.3 Å². The highest BCUT2D eigenvalue weighted by Gasteiger charge is 2.29. The Morgan fingerprint density at radius 2 is 1.91 bits per heavy atom. The number of ether oxygens (including phenoxy) is 1. The van der Waals surface area contributed by atoms with Gasteiger partial charge in [-0.15, -0.1) is 0 Å². The number of carbonyl (C=O) groups excluding carboxylic acids is 1. The van der Waals surface area contributed by atoms with Crippen molar-refractivity contribution in [1.29, 1.82) is 0 Å². The molecule has 0 radical (unpaired) electrons. The third-order valence-electron chi connectivity index (χ3n) is 6.62. The van der Waals surface area contributed by atoms with Crippen LogP contribution in [0, 0.1) is 0 Å². The quantitative estimate of drug-likeness (QED) is 0.423. The van der Waals surface area contributed by atoms with Crippen molar-refractivity contribution < 1.29 is 14.1 Å². The van der Waals surface area contributed by atoms with Gasteiger partial charge in [0.2, 0.25) is 5.88 Å². The number of hydrogen-bond acceptors (Lipinski definition) is 5. The maximum atomic E-state index is 13.5. The highest BCUT2D eigenvalue weighted by molar-refractivity contribution is 6.30. The van der Waals surface area contributed by atoms with Crippen molar-refractivity contribution in [2.24, 2.45) is 0 Å². The van der Waals surface area contributed by atoms with Crippen LogP contribution in [-0.2, 0) is 11.3 Å². The number of nitrogens with zero attached hydrogens (tertiary/aromatic N) is 3. The van der Waals surface area contributed by atoms with Gasteiger partial charge in [0.05, 0.1) is 18.2 Å². The summed E-state index contributed by atoms with van der Waals surface area (Å²) in [6, 6.07) is 17.0. The van der Waals surface area contributed by atoms with Gasteiger partial charge in [-0.1, -0.05) is 53.2 Å². The molecule has 5 rings (SSSR count). The van der Waals surface area contributed by atoms with Gasteiger partial charge in [-0.25, -0.2) is 4.79 Å². The number of benzene rings is 2. The molecule has 0 aliphatic carbocycles. The summed E-state index contributed by atoms with van der Waals surface area (Å²) in [5.74, 6) is 0.761. The van der Waals surface area contributed by atoms with Crippen LogP contribution in [-0.4, -0.2) is 48.4 Å². The van der Waals surface area contributed by atoms with Crippen molar-refractivity contribution in [1.82, 2.24) is 10.1 Å². The van der Waals surface area contributed by atoms with E-state index in [1.165, 1.54) is 6.42 Å². The van der Waals surface area contributed by atoms with Gasteiger partial charge in [-0.3, -0.25) is 0 Å². The number of anilines is 2. The molecule has 2 aliphatic rings. The fraction of sp³-hybridized carbons (Fsp3) is 0.407. The minimum absolute atomic E-state index is 0.0126. The van der Waals surface area contributed by atoms with E-state index in [1.807, 2.05) is 47.4 Å². The summed E-state index contributed by atoms with van der Waals surface area (Å²) in [6.07, 6.45) is 5.42. The minimum Gasteiger partial charge on any atom is -0.376 e. The lowest BCUT2D eigenvalue weighted by atomic mass is 10.1. The van der Waals surface area contributed by atoms with E-state index in [9.17, 15) is 4.79 Å². The Balaban J connectivity index is 1.47. The Kier molecular flexibility index (Phi) is 7.54. The number of nitrogens with one attached hydrogen (secondary N) is 1. The SMILES string of the molecule is O=C(Nc1cccc(Cl)c1)N(Cc1c(-c2ccccc2)noc1N1CCCCC1)CC1CCCO1. The first kappa shape index (κ1) is 23.7. The Labute approximate surface area is 211 Å². The standard InChI is InChI=1S/C27H31ClN4O3/c28-21-11-7-12-22(17-21)29-27(33)32(18-23-13-8-16-34-23)19-24-25(20-9-3-1-4-10-20)30-35-26(24)31-14-5-2-6-15-31/h1,3-4,7,9-12,17,23H,2,5-6,8,13-16,18-19H2,(H,29,33). The molecule has 2 amide bonds. The van der Waals surface area contributed by atoms with Crippen molar-refractivity contribution in [2.45, 2.75) is 44.8 Å². The van der Waals surface area contributed by atoms with Gasteiger partial charge in [0.1, 0.15) is 5.69 Å². The van der Waals surface area contributed by atoms with Crippen molar-refractivity contribution >= 4 is 29.2 Å². The first-order chi connectivity index (χ1) is 17.2. The first-order valence-electron chi connectivity index (χ1n) is 12.4. The summed E-state index contributed by atoms with van der Waals surface area (Å²) in [4.78, 5) is 17.6. The van der Waals surface area contributed by atoms with E-state index in [0.29, 0.717) is 23.8 Å². The van der Waals surface area contributed by atoms with Gasteiger partial charge >= 0.3 is 6.03 Å². The zero-order valence-corrected chi connectivity index (χ0v) is 20.5. The Morgan fingerprint density at radius 1 is 1.09 bits per heavy atom. The fourth-order valence-electron chi connectivity index (χ4n) is 4.82. The third kappa shape index (κ3) is 5.80. The van der Waals surface area contributed by atoms with Crippen LogP contribution in [0.4, 0.5) is 16.4 Å².